The molecule has 0 N–H and O–H groups in total. The Balaban J connectivity index is 1.25. The molecule has 0 amide bonds. The van der Waals surface area contributed by atoms with Gasteiger partial charge in [-0.15, -0.1) is 0 Å². The molecule has 208 valence electrons. The van der Waals surface area contributed by atoms with E-state index in [1.54, 1.807) is 0 Å². The van der Waals surface area contributed by atoms with Gasteiger partial charge in [-0.1, -0.05) is 103 Å². The van der Waals surface area contributed by atoms with Crippen molar-refractivity contribution in [1.29, 1.82) is 0 Å². The molecular weight excluding hydrogens is 532 g/mol. The van der Waals surface area contributed by atoms with Crippen LogP contribution in [-0.4, -0.2) is 9.13 Å². The van der Waals surface area contributed by atoms with Gasteiger partial charge in [-0.2, -0.15) is 0 Å². The minimum Gasteiger partial charge on any atom is -0.309 e. The highest BCUT2D eigenvalue weighted by molar-refractivity contribution is 6.11. The minimum absolute atomic E-state index is 1.09. The molecule has 2 heteroatoms. The van der Waals surface area contributed by atoms with Gasteiger partial charge >= 0.3 is 0 Å². The van der Waals surface area contributed by atoms with Crippen molar-refractivity contribution in [1.82, 2.24) is 9.13 Å². The first-order valence-corrected chi connectivity index (χ1v) is 15.4. The topological polar surface area (TPSA) is 9.86 Å². The molecule has 1 aliphatic rings. The Kier molecular flexibility index (Phi) is 5.67. The Morgan fingerprint density at radius 2 is 0.977 bits per heavy atom. The van der Waals surface area contributed by atoms with Gasteiger partial charge in [-0.3, -0.25) is 0 Å². The molecule has 0 spiro atoms. The number of allylic oxidation sites excluding steroid dienone is 4. The molecule has 0 fully saturated rings. The van der Waals surface area contributed by atoms with Crippen molar-refractivity contribution in [2.45, 2.75) is 12.8 Å². The van der Waals surface area contributed by atoms with E-state index in [-0.39, 0.29) is 0 Å². The lowest BCUT2D eigenvalue weighted by atomic mass is 9.96. The molecule has 2 aromatic heterocycles. The molecule has 6 aromatic carbocycles. The maximum absolute atomic E-state index is 2.43. The quantitative estimate of drug-likeness (QED) is 0.202. The van der Waals surface area contributed by atoms with Crippen molar-refractivity contribution < 1.29 is 0 Å². The van der Waals surface area contributed by atoms with E-state index >= 15 is 0 Å². The molecule has 0 radical (unpaired) electrons. The molecule has 0 unspecified atom stereocenters. The predicted molar refractivity (Wildman–Crippen MR) is 187 cm³/mol. The fourth-order valence-electron chi connectivity index (χ4n) is 7.13. The van der Waals surface area contributed by atoms with E-state index in [1.807, 2.05) is 0 Å². The molecule has 8 aromatic rings. The predicted octanol–water partition coefficient (Wildman–Crippen LogP) is 11.3. The van der Waals surface area contributed by atoms with Gasteiger partial charge in [-0.05, 0) is 89.7 Å². The largest absolute Gasteiger partial charge is 0.309 e. The van der Waals surface area contributed by atoms with Crippen LogP contribution in [-0.2, 0) is 0 Å². The summed E-state index contributed by atoms with van der Waals surface area (Å²) < 4.78 is 4.84. The zero-order valence-electron chi connectivity index (χ0n) is 24.3. The fraction of sp³-hybridized carbons (Fsp3) is 0.0476. The number of hydrogen-bond donors (Lipinski definition) is 0. The number of aromatic nitrogens is 2. The lowest BCUT2D eigenvalue weighted by molar-refractivity contribution is 1.05. The number of para-hydroxylation sites is 2. The lowest BCUT2D eigenvalue weighted by Gasteiger charge is -2.13. The highest BCUT2D eigenvalue weighted by Gasteiger charge is 2.17. The summed E-state index contributed by atoms with van der Waals surface area (Å²) in [5, 5.41) is 5.11. The molecule has 0 bridgehead atoms. The van der Waals surface area contributed by atoms with Crippen LogP contribution in [0.15, 0.2) is 158 Å². The molecule has 0 saturated carbocycles. The van der Waals surface area contributed by atoms with E-state index in [1.165, 1.54) is 65.9 Å². The first-order valence-electron chi connectivity index (χ1n) is 15.4. The molecule has 0 aliphatic heterocycles. The normalized spacial score (nSPS) is 13.3. The van der Waals surface area contributed by atoms with Crippen LogP contribution in [0, 0.1) is 0 Å². The van der Waals surface area contributed by atoms with Gasteiger partial charge in [0.25, 0.3) is 0 Å². The van der Waals surface area contributed by atoms with Crippen molar-refractivity contribution in [3.8, 4) is 22.5 Å². The van der Waals surface area contributed by atoms with Gasteiger partial charge < -0.3 is 9.13 Å². The zero-order valence-corrected chi connectivity index (χ0v) is 24.3. The van der Waals surface area contributed by atoms with Crippen LogP contribution < -0.4 is 0 Å². The molecule has 1 aliphatic carbocycles. The van der Waals surface area contributed by atoms with E-state index in [4.69, 9.17) is 0 Å². The van der Waals surface area contributed by atoms with Crippen LogP contribution in [0.25, 0.3) is 71.7 Å². The van der Waals surface area contributed by atoms with Crippen molar-refractivity contribution in [2.24, 2.45) is 0 Å². The monoisotopic (exact) mass is 562 g/mol. The highest BCUT2D eigenvalue weighted by atomic mass is 15.0. The van der Waals surface area contributed by atoms with E-state index < -0.39 is 0 Å². The number of rotatable bonds is 4. The minimum atomic E-state index is 1.09. The van der Waals surface area contributed by atoms with Crippen molar-refractivity contribution in [2.75, 3.05) is 0 Å². The third-order valence-electron chi connectivity index (χ3n) is 9.18. The lowest BCUT2D eigenvalue weighted by Crippen LogP contribution is -1.98. The highest BCUT2D eigenvalue weighted by Crippen LogP contribution is 2.38. The molecule has 2 heterocycles. The molecule has 0 saturated heterocycles. The van der Waals surface area contributed by atoms with Crippen molar-refractivity contribution in [3.05, 3.63) is 163 Å². The Hall–Kier alpha value is -5.60. The Labute approximate surface area is 256 Å². The van der Waals surface area contributed by atoms with Gasteiger partial charge in [-0.25, -0.2) is 0 Å². The Morgan fingerprint density at radius 3 is 1.61 bits per heavy atom. The molecule has 2 nitrogen and oxygen atoms in total. The number of benzene rings is 6. The maximum Gasteiger partial charge on any atom is 0.0541 e. The van der Waals surface area contributed by atoms with Crippen LogP contribution in [0.1, 0.15) is 18.4 Å². The van der Waals surface area contributed by atoms with Gasteiger partial charge in [0.1, 0.15) is 0 Å². The average molecular weight is 563 g/mol. The Bertz CT molecular complexity index is 2430. The first kappa shape index (κ1) is 24.9. The number of fused-ring (bicyclic) bond motifs is 6. The summed E-state index contributed by atoms with van der Waals surface area (Å²) in [5.41, 5.74) is 12.4. The summed E-state index contributed by atoms with van der Waals surface area (Å²) in [6, 6.07) is 51.1. The van der Waals surface area contributed by atoms with Crippen LogP contribution in [0.3, 0.4) is 0 Å². The molecular formula is C42H30N2. The summed E-state index contributed by atoms with van der Waals surface area (Å²) in [6.45, 7) is 0. The van der Waals surface area contributed by atoms with Gasteiger partial charge in [0.05, 0.1) is 22.1 Å². The summed E-state index contributed by atoms with van der Waals surface area (Å²) in [6.07, 6.45) is 8.90. The van der Waals surface area contributed by atoms with Crippen molar-refractivity contribution >= 4 is 49.2 Å². The average Bonchev–Trinajstić information content (AvgIpc) is 3.61. The van der Waals surface area contributed by atoms with Crippen molar-refractivity contribution in [3.63, 3.8) is 0 Å². The zero-order chi connectivity index (χ0) is 29.0. The third-order valence-corrected chi connectivity index (χ3v) is 9.18. The molecule has 44 heavy (non-hydrogen) atoms. The van der Waals surface area contributed by atoms with E-state index in [2.05, 4.69) is 167 Å². The second-order valence-corrected chi connectivity index (χ2v) is 11.7. The second-order valence-electron chi connectivity index (χ2n) is 11.7. The summed E-state index contributed by atoms with van der Waals surface area (Å²) >= 11 is 0. The van der Waals surface area contributed by atoms with E-state index in [9.17, 15) is 0 Å². The molecule has 0 atom stereocenters. The fourth-order valence-corrected chi connectivity index (χ4v) is 7.13. The van der Waals surface area contributed by atoms with Gasteiger partial charge in [0, 0.05) is 32.9 Å². The number of hydrogen-bond acceptors (Lipinski definition) is 0. The van der Waals surface area contributed by atoms with E-state index in [0.717, 1.165) is 24.2 Å². The summed E-state index contributed by atoms with van der Waals surface area (Å²) in [7, 11) is 0. The Morgan fingerprint density at radius 1 is 0.409 bits per heavy atom. The van der Waals surface area contributed by atoms with Crippen LogP contribution >= 0.6 is 0 Å². The van der Waals surface area contributed by atoms with Gasteiger partial charge in [0.15, 0.2) is 0 Å². The maximum atomic E-state index is 2.43. The third kappa shape index (κ3) is 3.88. The smallest absolute Gasteiger partial charge is 0.0541 e. The van der Waals surface area contributed by atoms with Crippen LogP contribution in [0.5, 0.6) is 0 Å². The SMILES string of the molecule is C1=CCCC(c2ccc3c(c2)c2ccccc2n3-c2cccc(-n3c4ccccc4c4cc(-c5ccccc5)ccc43)c2)=C1. The standard InChI is InChI=1S/C42H30N2/c1-3-12-29(13-4-1)31-22-24-41-37(26-31)35-18-7-9-20-39(35)43(41)33-16-11-17-34(28-33)44-40-21-10-8-19-36(40)38-27-32(23-25-42(38)44)30-14-5-2-6-15-30/h1-5,7-14,16-28H,6,15H2. The number of nitrogens with zero attached hydrogens (tertiary/aromatic N) is 2. The van der Waals surface area contributed by atoms with Crippen LogP contribution in [0.2, 0.25) is 0 Å². The van der Waals surface area contributed by atoms with Crippen LogP contribution in [0.4, 0.5) is 0 Å². The summed E-state index contributed by atoms with van der Waals surface area (Å²) in [4.78, 5) is 0. The van der Waals surface area contributed by atoms with Gasteiger partial charge in [0.2, 0.25) is 0 Å². The first-order chi connectivity index (χ1) is 21.8. The summed E-state index contributed by atoms with van der Waals surface area (Å²) in [5.74, 6) is 0. The van der Waals surface area contributed by atoms with E-state index in [0.29, 0.717) is 0 Å². The second kappa shape index (κ2) is 10.00. The molecule has 9 rings (SSSR count).